The van der Waals surface area contributed by atoms with Crippen molar-refractivity contribution < 1.29 is 4.79 Å². The van der Waals surface area contributed by atoms with E-state index < -0.39 is 0 Å². The molecular weight excluding hydrogens is 426 g/mol. The number of amides is 1. The molecule has 3 N–H and O–H groups in total. The molecule has 1 aromatic heterocycles. The third-order valence-corrected chi connectivity index (χ3v) is 6.21. The molecule has 34 heavy (non-hydrogen) atoms. The number of benzene rings is 3. The molecule has 2 atom stereocenters. The Morgan fingerprint density at radius 1 is 0.941 bits per heavy atom. The SMILES string of the molecule is Cc1ccc(C2CC(C(=O)N(Cc3ccccc3)Cc3nc4ccccc4c(=O)[nH]3)NN2)cc1. The number of carbonyl (C=O) groups excluding carboxylic acids is 1. The lowest BCUT2D eigenvalue weighted by atomic mass is 10.0. The number of aromatic amines is 1. The summed E-state index contributed by atoms with van der Waals surface area (Å²) in [6.07, 6.45) is 0.634. The van der Waals surface area contributed by atoms with Gasteiger partial charge in [0.25, 0.3) is 5.56 Å². The molecule has 2 heterocycles. The first-order chi connectivity index (χ1) is 16.6. The Bertz CT molecular complexity index is 1350. The van der Waals surface area contributed by atoms with Gasteiger partial charge >= 0.3 is 0 Å². The lowest BCUT2D eigenvalue weighted by Crippen LogP contribution is -2.45. The van der Waals surface area contributed by atoms with Crippen LogP contribution in [0.5, 0.6) is 0 Å². The molecule has 0 spiro atoms. The largest absolute Gasteiger partial charge is 0.330 e. The molecule has 4 aromatic rings. The van der Waals surface area contributed by atoms with Gasteiger partial charge in [0, 0.05) is 12.6 Å². The fraction of sp³-hybridized carbons (Fsp3) is 0.222. The average molecular weight is 454 g/mol. The van der Waals surface area contributed by atoms with Crippen molar-refractivity contribution in [2.24, 2.45) is 0 Å². The van der Waals surface area contributed by atoms with Crippen molar-refractivity contribution >= 4 is 16.8 Å². The summed E-state index contributed by atoms with van der Waals surface area (Å²) >= 11 is 0. The van der Waals surface area contributed by atoms with Crippen molar-refractivity contribution in [3.8, 4) is 0 Å². The highest BCUT2D eigenvalue weighted by Gasteiger charge is 2.33. The summed E-state index contributed by atoms with van der Waals surface area (Å²) in [5.74, 6) is 0.427. The molecule has 1 amide bonds. The highest BCUT2D eigenvalue weighted by Crippen LogP contribution is 2.24. The van der Waals surface area contributed by atoms with E-state index in [1.54, 1.807) is 11.0 Å². The number of carbonyl (C=O) groups is 1. The van der Waals surface area contributed by atoms with Crippen LogP contribution in [0, 0.1) is 6.92 Å². The summed E-state index contributed by atoms with van der Waals surface area (Å²) in [6.45, 7) is 2.69. The van der Waals surface area contributed by atoms with Gasteiger partial charge < -0.3 is 9.88 Å². The second kappa shape index (κ2) is 9.59. The number of aryl methyl sites for hydroxylation is 1. The third-order valence-electron chi connectivity index (χ3n) is 6.21. The number of aromatic nitrogens is 2. The first-order valence-electron chi connectivity index (χ1n) is 11.4. The Hall–Kier alpha value is -3.81. The van der Waals surface area contributed by atoms with E-state index in [1.807, 2.05) is 48.5 Å². The third kappa shape index (κ3) is 4.76. The lowest BCUT2D eigenvalue weighted by Gasteiger charge is -2.25. The minimum Gasteiger partial charge on any atom is -0.330 e. The fourth-order valence-electron chi connectivity index (χ4n) is 4.36. The second-order valence-corrected chi connectivity index (χ2v) is 8.75. The highest BCUT2D eigenvalue weighted by molar-refractivity contribution is 5.82. The van der Waals surface area contributed by atoms with Crippen molar-refractivity contribution in [3.63, 3.8) is 0 Å². The van der Waals surface area contributed by atoms with Crippen LogP contribution in [0.15, 0.2) is 83.7 Å². The topological polar surface area (TPSA) is 90.1 Å². The number of fused-ring (bicyclic) bond motifs is 1. The maximum Gasteiger partial charge on any atom is 0.258 e. The summed E-state index contributed by atoms with van der Waals surface area (Å²) < 4.78 is 0. The van der Waals surface area contributed by atoms with Gasteiger partial charge in [0.1, 0.15) is 11.9 Å². The molecule has 1 saturated heterocycles. The van der Waals surface area contributed by atoms with Crippen molar-refractivity contribution in [1.82, 2.24) is 25.7 Å². The van der Waals surface area contributed by atoms with Crippen molar-refractivity contribution in [2.75, 3.05) is 0 Å². The van der Waals surface area contributed by atoms with E-state index in [0.29, 0.717) is 29.7 Å². The van der Waals surface area contributed by atoms with Gasteiger partial charge in [-0.25, -0.2) is 15.8 Å². The molecular formula is C27H27N5O2. The van der Waals surface area contributed by atoms with Crippen molar-refractivity contribution in [2.45, 2.75) is 38.5 Å². The molecule has 1 aliphatic rings. The predicted octanol–water partition coefficient (Wildman–Crippen LogP) is 3.37. The van der Waals surface area contributed by atoms with Gasteiger partial charge in [-0.15, -0.1) is 0 Å². The van der Waals surface area contributed by atoms with Crippen LogP contribution in [0.4, 0.5) is 0 Å². The van der Waals surface area contributed by atoms with Crippen molar-refractivity contribution in [3.05, 3.63) is 112 Å². The van der Waals surface area contributed by atoms with Gasteiger partial charge in [-0.3, -0.25) is 9.59 Å². The predicted molar refractivity (Wildman–Crippen MR) is 132 cm³/mol. The van der Waals surface area contributed by atoms with Crippen LogP contribution >= 0.6 is 0 Å². The maximum absolute atomic E-state index is 13.6. The quantitative estimate of drug-likeness (QED) is 0.417. The molecule has 0 saturated carbocycles. The molecule has 1 aliphatic heterocycles. The van der Waals surface area contributed by atoms with E-state index in [-0.39, 0.29) is 30.1 Å². The smallest absolute Gasteiger partial charge is 0.258 e. The number of H-pyrrole nitrogens is 1. The standard InChI is InChI=1S/C27H27N5O2/c1-18-11-13-20(14-12-18)23-15-24(31-30-23)27(34)32(16-19-7-3-2-4-8-19)17-25-28-22-10-6-5-9-21(22)26(33)29-25/h2-14,23-24,30-31H,15-17H2,1H3,(H,28,29,33). The first kappa shape index (κ1) is 22.0. The molecule has 7 heteroatoms. The van der Waals surface area contributed by atoms with E-state index >= 15 is 0 Å². The molecule has 7 nitrogen and oxygen atoms in total. The van der Waals surface area contributed by atoms with Crippen LogP contribution in [-0.2, 0) is 17.9 Å². The Morgan fingerprint density at radius 3 is 2.47 bits per heavy atom. The number of nitrogens with one attached hydrogen (secondary N) is 3. The molecule has 0 bridgehead atoms. The second-order valence-electron chi connectivity index (χ2n) is 8.75. The number of nitrogens with zero attached hydrogens (tertiary/aromatic N) is 2. The summed E-state index contributed by atoms with van der Waals surface area (Å²) in [4.78, 5) is 35.4. The molecule has 0 aliphatic carbocycles. The van der Waals surface area contributed by atoms with E-state index in [4.69, 9.17) is 0 Å². The Balaban J connectivity index is 1.39. The van der Waals surface area contributed by atoms with Crippen LogP contribution in [-0.4, -0.2) is 26.8 Å². The maximum atomic E-state index is 13.6. The number of hydrogen-bond donors (Lipinski definition) is 3. The van der Waals surface area contributed by atoms with Gasteiger partial charge in [-0.2, -0.15) is 0 Å². The van der Waals surface area contributed by atoms with Gasteiger partial charge in [0.15, 0.2) is 0 Å². The van der Waals surface area contributed by atoms with Crippen LogP contribution in [0.2, 0.25) is 0 Å². The summed E-state index contributed by atoms with van der Waals surface area (Å²) in [5.41, 5.74) is 10.2. The lowest BCUT2D eigenvalue weighted by molar-refractivity contribution is -0.134. The van der Waals surface area contributed by atoms with Gasteiger partial charge in [0.05, 0.1) is 17.4 Å². The van der Waals surface area contributed by atoms with E-state index in [1.165, 1.54) is 5.56 Å². The van der Waals surface area contributed by atoms with E-state index in [9.17, 15) is 9.59 Å². The van der Waals surface area contributed by atoms with Gasteiger partial charge in [0.2, 0.25) is 5.91 Å². The first-order valence-corrected chi connectivity index (χ1v) is 11.4. The summed E-state index contributed by atoms with van der Waals surface area (Å²) in [5, 5.41) is 0.537. The van der Waals surface area contributed by atoms with Gasteiger partial charge in [-0.1, -0.05) is 72.3 Å². The zero-order chi connectivity index (χ0) is 23.5. The Kier molecular flexibility index (Phi) is 6.20. The Labute approximate surface area is 197 Å². The van der Waals surface area contributed by atoms with Crippen molar-refractivity contribution in [1.29, 1.82) is 0 Å². The monoisotopic (exact) mass is 453 g/mol. The minimum absolute atomic E-state index is 0.0400. The Morgan fingerprint density at radius 2 is 1.68 bits per heavy atom. The molecule has 5 rings (SSSR count). The minimum atomic E-state index is -0.387. The number of rotatable bonds is 6. The molecule has 0 radical (unpaired) electrons. The van der Waals surface area contributed by atoms with Crippen LogP contribution in [0.1, 0.15) is 35.0 Å². The molecule has 172 valence electrons. The normalized spacial score (nSPS) is 17.7. The summed E-state index contributed by atoms with van der Waals surface area (Å²) in [7, 11) is 0. The number of para-hydroxylation sites is 1. The van der Waals surface area contributed by atoms with Gasteiger partial charge in [-0.05, 0) is 36.6 Å². The highest BCUT2D eigenvalue weighted by atomic mass is 16.2. The zero-order valence-corrected chi connectivity index (χ0v) is 19.0. The summed E-state index contributed by atoms with van der Waals surface area (Å²) in [6, 6.07) is 25.1. The fourth-order valence-corrected chi connectivity index (χ4v) is 4.36. The van der Waals surface area contributed by atoms with Crippen LogP contribution < -0.4 is 16.4 Å². The zero-order valence-electron chi connectivity index (χ0n) is 19.0. The van der Waals surface area contributed by atoms with Crippen LogP contribution in [0.25, 0.3) is 10.9 Å². The number of hydrazine groups is 1. The van der Waals surface area contributed by atoms with E-state index in [0.717, 1.165) is 11.1 Å². The molecule has 1 fully saturated rings. The average Bonchev–Trinajstić information content (AvgIpc) is 3.35. The van der Waals surface area contributed by atoms with Crippen LogP contribution in [0.3, 0.4) is 0 Å². The number of hydrogen-bond acceptors (Lipinski definition) is 5. The van der Waals surface area contributed by atoms with E-state index in [2.05, 4.69) is 52.0 Å². The molecule has 2 unspecified atom stereocenters. The molecule has 3 aromatic carbocycles.